The summed E-state index contributed by atoms with van der Waals surface area (Å²) in [5, 5.41) is 11.3. The standard InChI is InChI=1S/C24H16FN3O3S/c1-13-4-9-17-18(11-13)32-24(27-17)28-20(15-3-2-10-26-12-15)19(22(30)23(28)31)21(29)14-5-7-16(25)8-6-14/h2-12,20,29H,1H3/t20-/m0/s1. The first-order chi connectivity index (χ1) is 15.4. The summed E-state index contributed by atoms with van der Waals surface area (Å²) < 4.78 is 14.3. The van der Waals surface area contributed by atoms with Gasteiger partial charge in [-0.15, -0.1) is 0 Å². The number of aromatic nitrogens is 2. The maximum Gasteiger partial charge on any atom is 0.301 e. The zero-order chi connectivity index (χ0) is 22.4. The van der Waals surface area contributed by atoms with Crippen molar-refractivity contribution in [3.05, 3.63) is 95.1 Å². The molecule has 8 heteroatoms. The average Bonchev–Trinajstić information content (AvgIpc) is 3.32. The molecule has 0 saturated carbocycles. The number of thiazole rings is 1. The Balaban J connectivity index is 1.72. The summed E-state index contributed by atoms with van der Waals surface area (Å²) in [6, 6.07) is 13.3. The van der Waals surface area contributed by atoms with Crippen LogP contribution in [0.2, 0.25) is 0 Å². The second kappa shape index (κ2) is 7.65. The molecule has 0 unspecified atom stereocenters. The Morgan fingerprint density at radius 1 is 1.12 bits per heavy atom. The normalized spacial score (nSPS) is 17.9. The second-order valence-corrected chi connectivity index (χ2v) is 8.44. The number of anilines is 1. The molecular formula is C24H16FN3O3S. The molecule has 0 spiro atoms. The number of aliphatic hydroxyl groups is 1. The van der Waals surface area contributed by atoms with Crippen LogP contribution >= 0.6 is 11.3 Å². The number of ketones is 1. The van der Waals surface area contributed by atoms with Gasteiger partial charge in [0.25, 0.3) is 5.78 Å². The van der Waals surface area contributed by atoms with Gasteiger partial charge in [-0.05, 0) is 60.5 Å². The van der Waals surface area contributed by atoms with Crippen molar-refractivity contribution in [1.82, 2.24) is 9.97 Å². The summed E-state index contributed by atoms with van der Waals surface area (Å²) in [7, 11) is 0. The van der Waals surface area contributed by atoms with E-state index in [1.807, 2.05) is 25.1 Å². The number of hydrogen-bond acceptors (Lipinski definition) is 6. The van der Waals surface area contributed by atoms with E-state index in [9.17, 15) is 19.1 Å². The van der Waals surface area contributed by atoms with Gasteiger partial charge in [-0.1, -0.05) is 23.5 Å². The molecule has 158 valence electrons. The molecular weight excluding hydrogens is 429 g/mol. The van der Waals surface area contributed by atoms with Crippen molar-refractivity contribution < 1.29 is 19.1 Å². The van der Waals surface area contributed by atoms with Gasteiger partial charge in [0.05, 0.1) is 21.8 Å². The van der Waals surface area contributed by atoms with E-state index in [0.29, 0.717) is 16.2 Å². The Kier molecular flexibility index (Phi) is 4.79. The predicted octanol–water partition coefficient (Wildman–Crippen LogP) is 4.77. The number of fused-ring (bicyclic) bond motifs is 1. The van der Waals surface area contributed by atoms with Crippen LogP contribution in [0.1, 0.15) is 22.7 Å². The number of aliphatic hydroxyl groups excluding tert-OH is 1. The van der Waals surface area contributed by atoms with Crippen LogP contribution in [0, 0.1) is 12.7 Å². The molecule has 0 bridgehead atoms. The van der Waals surface area contributed by atoms with Crippen molar-refractivity contribution in [3.8, 4) is 0 Å². The maximum atomic E-state index is 13.4. The lowest BCUT2D eigenvalue weighted by atomic mass is 9.96. The molecule has 1 aliphatic heterocycles. The largest absolute Gasteiger partial charge is 0.507 e. The van der Waals surface area contributed by atoms with Crippen LogP contribution in [0.4, 0.5) is 9.52 Å². The van der Waals surface area contributed by atoms with Gasteiger partial charge in [-0.3, -0.25) is 19.5 Å². The highest BCUT2D eigenvalue weighted by Gasteiger charge is 2.48. The topological polar surface area (TPSA) is 83.4 Å². The smallest absolute Gasteiger partial charge is 0.301 e. The predicted molar refractivity (Wildman–Crippen MR) is 120 cm³/mol. The molecule has 1 N–H and O–H groups in total. The van der Waals surface area contributed by atoms with Crippen LogP contribution in [0.3, 0.4) is 0 Å². The molecule has 3 heterocycles. The van der Waals surface area contributed by atoms with Crippen molar-refractivity contribution in [2.24, 2.45) is 0 Å². The minimum Gasteiger partial charge on any atom is -0.507 e. The number of hydrogen-bond donors (Lipinski definition) is 1. The molecule has 32 heavy (non-hydrogen) atoms. The van der Waals surface area contributed by atoms with Gasteiger partial charge in [-0.2, -0.15) is 0 Å². The number of carbonyl (C=O) groups is 2. The highest BCUT2D eigenvalue weighted by Crippen LogP contribution is 2.44. The van der Waals surface area contributed by atoms with Gasteiger partial charge in [-0.25, -0.2) is 9.37 Å². The first-order valence-electron chi connectivity index (χ1n) is 9.78. The summed E-state index contributed by atoms with van der Waals surface area (Å²) in [6.45, 7) is 1.96. The van der Waals surface area contributed by atoms with Gasteiger partial charge in [0.15, 0.2) is 5.13 Å². The fourth-order valence-electron chi connectivity index (χ4n) is 3.77. The van der Waals surface area contributed by atoms with E-state index in [2.05, 4.69) is 9.97 Å². The van der Waals surface area contributed by atoms with Gasteiger partial charge >= 0.3 is 5.91 Å². The maximum absolute atomic E-state index is 13.4. The van der Waals surface area contributed by atoms with Crippen LogP contribution in [0.15, 0.2) is 72.6 Å². The molecule has 1 amide bonds. The summed E-state index contributed by atoms with van der Waals surface area (Å²) in [5.74, 6) is -2.48. The Labute approximate surface area is 186 Å². The summed E-state index contributed by atoms with van der Waals surface area (Å²) >= 11 is 1.29. The van der Waals surface area contributed by atoms with E-state index < -0.39 is 23.5 Å². The molecule has 1 atom stereocenters. The molecule has 6 nitrogen and oxygen atoms in total. The van der Waals surface area contributed by atoms with Crippen molar-refractivity contribution in [1.29, 1.82) is 0 Å². The van der Waals surface area contributed by atoms with E-state index in [-0.39, 0.29) is 16.9 Å². The van der Waals surface area contributed by atoms with Crippen molar-refractivity contribution >= 4 is 44.1 Å². The van der Waals surface area contributed by atoms with E-state index in [1.165, 1.54) is 40.5 Å². The molecule has 4 aromatic rings. The summed E-state index contributed by atoms with van der Waals surface area (Å²) in [6.07, 6.45) is 3.12. The number of halogens is 1. The van der Waals surface area contributed by atoms with Crippen LogP contribution < -0.4 is 4.90 Å². The monoisotopic (exact) mass is 445 g/mol. The van der Waals surface area contributed by atoms with Gasteiger partial charge in [0.2, 0.25) is 0 Å². The second-order valence-electron chi connectivity index (χ2n) is 7.43. The fourth-order valence-corrected chi connectivity index (χ4v) is 4.86. The third-order valence-corrected chi connectivity index (χ3v) is 6.32. The lowest BCUT2D eigenvalue weighted by Gasteiger charge is -2.22. The third kappa shape index (κ3) is 3.25. The minimum absolute atomic E-state index is 0.0926. The first kappa shape index (κ1) is 20.0. The van der Waals surface area contributed by atoms with Crippen molar-refractivity contribution in [2.75, 3.05) is 4.90 Å². The Bertz CT molecular complexity index is 1400. The molecule has 2 aromatic heterocycles. The molecule has 1 aliphatic rings. The number of carbonyl (C=O) groups excluding carboxylic acids is 2. The average molecular weight is 445 g/mol. The molecule has 1 saturated heterocycles. The quantitative estimate of drug-likeness (QED) is 0.279. The van der Waals surface area contributed by atoms with Gasteiger partial charge in [0.1, 0.15) is 11.6 Å². The van der Waals surface area contributed by atoms with Crippen LogP contribution in [-0.2, 0) is 9.59 Å². The van der Waals surface area contributed by atoms with E-state index in [4.69, 9.17) is 0 Å². The van der Waals surface area contributed by atoms with Crippen LogP contribution in [-0.4, -0.2) is 26.8 Å². The Morgan fingerprint density at radius 2 is 1.91 bits per heavy atom. The molecule has 2 aromatic carbocycles. The number of nitrogens with zero attached hydrogens (tertiary/aromatic N) is 3. The number of Topliss-reactive ketones (excluding diaryl/α,β-unsaturated/α-hetero) is 1. The molecule has 5 rings (SSSR count). The van der Waals surface area contributed by atoms with Gasteiger partial charge < -0.3 is 5.11 Å². The number of aryl methyl sites for hydroxylation is 1. The summed E-state index contributed by atoms with van der Waals surface area (Å²) in [4.78, 5) is 36.2. The third-order valence-electron chi connectivity index (χ3n) is 5.30. The zero-order valence-electron chi connectivity index (χ0n) is 16.8. The van der Waals surface area contributed by atoms with Gasteiger partial charge in [0, 0.05) is 18.0 Å². The lowest BCUT2D eigenvalue weighted by molar-refractivity contribution is -0.132. The highest BCUT2D eigenvalue weighted by atomic mass is 32.1. The van der Waals surface area contributed by atoms with E-state index in [1.54, 1.807) is 24.5 Å². The van der Waals surface area contributed by atoms with E-state index >= 15 is 0 Å². The first-order valence-corrected chi connectivity index (χ1v) is 10.6. The van der Waals surface area contributed by atoms with E-state index in [0.717, 1.165) is 10.3 Å². The Morgan fingerprint density at radius 3 is 2.62 bits per heavy atom. The molecule has 1 fully saturated rings. The SMILES string of the molecule is Cc1ccc2nc(N3C(=O)C(=O)C(=C(O)c4ccc(F)cc4)[C@@H]3c3cccnc3)sc2c1. The summed E-state index contributed by atoms with van der Waals surface area (Å²) in [5.41, 5.74) is 2.45. The van der Waals surface area contributed by atoms with Crippen molar-refractivity contribution in [3.63, 3.8) is 0 Å². The number of pyridine rings is 1. The Hall–Kier alpha value is -3.91. The minimum atomic E-state index is -0.921. The number of rotatable bonds is 3. The van der Waals surface area contributed by atoms with Crippen LogP contribution in [0.25, 0.3) is 16.0 Å². The van der Waals surface area contributed by atoms with Crippen LogP contribution in [0.5, 0.6) is 0 Å². The molecule has 0 radical (unpaired) electrons. The highest BCUT2D eigenvalue weighted by molar-refractivity contribution is 7.22. The number of benzene rings is 2. The zero-order valence-corrected chi connectivity index (χ0v) is 17.6. The molecule has 0 aliphatic carbocycles. The lowest BCUT2D eigenvalue weighted by Crippen LogP contribution is -2.29. The van der Waals surface area contributed by atoms with Crippen molar-refractivity contribution in [2.45, 2.75) is 13.0 Å². The number of amides is 1. The fraction of sp³-hybridized carbons (Fsp3) is 0.0833.